The Morgan fingerprint density at radius 2 is 1.94 bits per heavy atom. The number of methoxy groups -OCH3 is 1. The van der Waals surface area contributed by atoms with Crippen molar-refractivity contribution in [3.05, 3.63) is 41.7 Å². The highest BCUT2D eigenvalue weighted by molar-refractivity contribution is 5.90. The molecule has 0 radical (unpaired) electrons. The first-order chi connectivity index (χ1) is 8.29. The minimum atomic E-state index is -0.291. The number of carbonyl (C=O) groups is 1. The van der Waals surface area contributed by atoms with Gasteiger partial charge in [-0.15, -0.1) is 0 Å². The molecule has 90 valence electrons. The SMILES string of the molecule is COc1ccc(C(=O)OC2=CCCCC2)cc1. The van der Waals surface area contributed by atoms with Crippen LogP contribution in [0, 0.1) is 0 Å². The van der Waals surface area contributed by atoms with Crippen LogP contribution in [-0.2, 0) is 4.74 Å². The summed E-state index contributed by atoms with van der Waals surface area (Å²) in [7, 11) is 1.60. The lowest BCUT2D eigenvalue weighted by atomic mass is 10.1. The van der Waals surface area contributed by atoms with Crippen molar-refractivity contribution < 1.29 is 14.3 Å². The van der Waals surface area contributed by atoms with E-state index in [1.807, 2.05) is 6.08 Å². The number of esters is 1. The smallest absolute Gasteiger partial charge is 0.343 e. The van der Waals surface area contributed by atoms with E-state index in [2.05, 4.69) is 0 Å². The van der Waals surface area contributed by atoms with E-state index < -0.39 is 0 Å². The lowest BCUT2D eigenvalue weighted by molar-refractivity contribution is 0.0608. The number of hydrogen-bond donors (Lipinski definition) is 0. The molecular formula is C14H16O3. The molecule has 3 nitrogen and oxygen atoms in total. The van der Waals surface area contributed by atoms with Gasteiger partial charge in [0.2, 0.25) is 0 Å². The summed E-state index contributed by atoms with van der Waals surface area (Å²) >= 11 is 0. The summed E-state index contributed by atoms with van der Waals surface area (Å²) in [5.74, 6) is 1.25. The molecular weight excluding hydrogens is 216 g/mol. The van der Waals surface area contributed by atoms with Gasteiger partial charge in [-0.25, -0.2) is 4.79 Å². The Hall–Kier alpha value is -1.77. The lowest BCUT2D eigenvalue weighted by Crippen LogP contribution is -2.06. The first-order valence-electron chi connectivity index (χ1n) is 5.85. The van der Waals surface area contributed by atoms with Crippen LogP contribution in [0.3, 0.4) is 0 Å². The van der Waals surface area contributed by atoms with Gasteiger partial charge < -0.3 is 9.47 Å². The van der Waals surface area contributed by atoms with Crippen LogP contribution >= 0.6 is 0 Å². The number of rotatable bonds is 3. The summed E-state index contributed by atoms with van der Waals surface area (Å²) < 4.78 is 10.4. The number of hydrogen-bond acceptors (Lipinski definition) is 3. The zero-order valence-electron chi connectivity index (χ0n) is 9.94. The summed E-state index contributed by atoms with van der Waals surface area (Å²) in [6, 6.07) is 6.94. The van der Waals surface area contributed by atoms with Crippen molar-refractivity contribution in [3.8, 4) is 5.75 Å². The van der Waals surface area contributed by atoms with Crippen LogP contribution in [-0.4, -0.2) is 13.1 Å². The van der Waals surface area contributed by atoms with Gasteiger partial charge >= 0.3 is 5.97 Å². The van der Waals surface area contributed by atoms with Crippen LogP contribution in [0.2, 0.25) is 0 Å². The third kappa shape index (κ3) is 3.09. The second kappa shape index (κ2) is 5.53. The fraction of sp³-hybridized carbons (Fsp3) is 0.357. The molecule has 2 rings (SSSR count). The van der Waals surface area contributed by atoms with Gasteiger partial charge in [0.15, 0.2) is 0 Å². The third-order valence-electron chi connectivity index (χ3n) is 2.80. The molecule has 0 bridgehead atoms. The highest BCUT2D eigenvalue weighted by Crippen LogP contribution is 2.20. The minimum Gasteiger partial charge on any atom is -0.497 e. The molecule has 0 N–H and O–H groups in total. The van der Waals surface area contributed by atoms with Crippen LogP contribution in [0.1, 0.15) is 36.0 Å². The van der Waals surface area contributed by atoms with E-state index in [1.165, 1.54) is 6.42 Å². The third-order valence-corrected chi connectivity index (χ3v) is 2.80. The first kappa shape index (κ1) is 11.7. The molecule has 0 spiro atoms. The second-order valence-electron chi connectivity index (χ2n) is 4.03. The van der Waals surface area contributed by atoms with Gasteiger partial charge in [-0.1, -0.05) is 0 Å². The molecule has 1 aliphatic carbocycles. The summed E-state index contributed by atoms with van der Waals surface area (Å²) in [5, 5.41) is 0. The molecule has 0 amide bonds. The minimum absolute atomic E-state index is 0.291. The number of benzene rings is 1. The van der Waals surface area contributed by atoms with Crippen LogP contribution in [0.4, 0.5) is 0 Å². The van der Waals surface area contributed by atoms with Crippen LogP contribution in [0.5, 0.6) is 5.75 Å². The van der Waals surface area contributed by atoms with Gasteiger partial charge in [-0.05, 0) is 49.6 Å². The number of carbonyl (C=O) groups excluding carboxylic acids is 1. The number of ether oxygens (including phenoxy) is 2. The Morgan fingerprint density at radius 3 is 2.53 bits per heavy atom. The van der Waals surface area contributed by atoms with E-state index >= 15 is 0 Å². The Balaban J connectivity index is 2.01. The first-order valence-corrected chi connectivity index (χ1v) is 5.85. The topological polar surface area (TPSA) is 35.5 Å². The van der Waals surface area contributed by atoms with Gasteiger partial charge in [0.05, 0.1) is 12.7 Å². The summed E-state index contributed by atoms with van der Waals surface area (Å²) in [6.45, 7) is 0. The lowest BCUT2D eigenvalue weighted by Gasteiger charge is -2.12. The fourth-order valence-electron chi connectivity index (χ4n) is 1.81. The molecule has 0 fully saturated rings. The number of allylic oxidation sites excluding steroid dienone is 2. The molecule has 0 aliphatic heterocycles. The zero-order valence-corrected chi connectivity index (χ0v) is 9.94. The molecule has 0 heterocycles. The van der Waals surface area contributed by atoms with Crippen molar-refractivity contribution >= 4 is 5.97 Å². The van der Waals surface area contributed by atoms with Crippen molar-refractivity contribution in [2.24, 2.45) is 0 Å². The monoisotopic (exact) mass is 232 g/mol. The van der Waals surface area contributed by atoms with Crippen molar-refractivity contribution in [1.82, 2.24) is 0 Å². The van der Waals surface area contributed by atoms with Gasteiger partial charge in [-0.3, -0.25) is 0 Å². The zero-order chi connectivity index (χ0) is 12.1. The maximum Gasteiger partial charge on any atom is 0.343 e. The predicted octanol–water partition coefficient (Wildman–Crippen LogP) is 3.31. The molecule has 1 aliphatic rings. The highest BCUT2D eigenvalue weighted by atomic mass is 16.5. The van der Waals surface area contributed by atoms with Gasteiger partial charge in [0, 0.05) is 6.42 Å². The molecule has 0 unspecified atom stereocenters. The average molecular weight is 232 g/mol. The second-order valence-corrected chi connectivity index (χ2v) is 4.03. The normalized spacial score (nSPS) is 15.0. The van der Waals surface area contributed by atoms with E-state index in [1.54, 1.807) is 31.4 Å². The van der Waals surface area contributed by atoms with Gasteiger partial charge in [0.25, 0.3) is 0 Å². The standard InChI is InChI=1S/C14H16O3/c1-16-12-9-7-11(8-10-12)14(15)17-13-5-3-2-4-6-13/h5,7-10H,2-4,6H2,1H3. The predicted molar refractivity (Wildman–Crippen MR) is 65.0 cm³/mol. The van der Waals surface area contributed by atoms with Gasteiger partial charge in [0.1, 0.15) is 11.5 Å². The van der Waals surface area contributed by atoms with Crippen molar-refractivity contribution in [2.45, 2.75) is 25.7 Å². The van der Waals surface area contributed by atoms with Gasteiger partial charge in [-0.2, -0.15) is 0 Å². The molecule has 0 saturated carbocycles. The van der Waals surface area contributed by atoms with Crippen molar-refractivity contribution in [1.29, 1.82) is 0 Å². The maximum atomic E-state index is 11.8. The molecule has 1 aromatic rings. The molecule has 3 heteroatoms. The van der Waals surface area contributed by atoms with Crippen molar-refractivity contribution in [2.75, 3.05) is 7.11 Å². The Labute approximate surface area is 101 Å². The fourth-order valence-corrected chi connectivity index (χ4v) is 1.81. The van der Waals surface area contributed by atoms with E-state index in [9.17, 15) is 4.79 Å². The van der Waals surface area contributed by atoms with Crippen LogP contribution in [0.25, 0.3) is 0 Å². The largest absolute Gasteiger partial charge is 0.497 e. The van der Waals surface area contributed by atoms with E-state index in [0.29, 0.717) is 5.56 Å². The average Bonchev–Trinajstić information content (AvgIpc) is 2.40. The van der Waals surface area contributed by atoms with E-state index in [0.717, 1.165) is 30.8 Å². The molecule has 1 aromatic carbocycles. The summed E-state index contributed by atoms with van der Waals surface area (Å²) in [5.41, 5.74) is 0.553. The Morgan fingerprint density at radius 1 is 1.18 bits per heavy atom. The molecule has 0 aromatic heterocycles. The molecule has 17 heavy (non-hydrogen) atoms. The quantitative estimate of drug-likeness (QED) is 0.750. The Bertz CT molecular complexity index is 418. The molecule has 0 atom stereocenters. The van der Waals surface area contributed by atoms with E-state index in [4.69, 9.17) is 9.47 Å². The summed E-state index contributed by atoms with van der Waals surface area (Å²) in [4.78, 5) is 11.8. The van der Waals surface area contributed by atoms with Crippen LogP contribution < -0.4 is 4.74 Å². The maximum absolute atomic E-state index is 11.8. The van der Waals surface area contributed by atoms with E-state index in [-0.39, 0.29) is 5.97 Å². The van der Waals surface area contributed by atoms with Crippen molar-refractivity contribution in [3.63, 3.8) is 0 Å². The molecule has 0 saturated heterocycles. The van der Waals surface area contributed by atoms with Crippen LogP contribution in [0.15, 0.2) is 36.1 Å². The highest BCUT2D eigenvalue weighted by Gasteiger charge is 2.12. The summed E-state index contributed by atoms with van der Waals surface area (Å²) in [6.07, 6.45) is 6.16. The Kier molecular flexibility index (Phi) is 3.81.